The Hall–Kier alpha value is -1.80. The van der Waals surface area contributed by atoms with Crippen LogP contribution in [0.15, 0.2) is 53.6 Å². The molecule has 0 aliphatic heterocycles. The van der Waals surface area contributed by atoms with Gasteiger partial charge in [-0.1, -0.05) is 47.5 Å². The zero-order valence-electron chi connectivity index (χ0n) is 9.52. The van der Waals surface area contributed by atoms with Crippen LogP contribution in [0.1, 0.15) is 11.1 Å². The van der Waals surface area contributed by atoms with Crippen LogP contribution < -0.4 is 5.43 Å². The highest BCUT2D eigenvalue weighted by Gasteiger charge is 1.91. The fourth-order valence-corrected chi connectivity index (χ4v) is 1.68. The van der Waals surface area contributed by atoms with Gasteiger partial charge in [0.05, 0.1) is 11.9 Å². The van der Waals surface area contributed by atoms with E-state index in [9.17, 15) is 0 Å². The highest BCUT2D eigenvalue weighted by molar-refractivity contribution is 6.30. The zero-order chi connectivity index (χ0) is 12.1. The van der Waals surface area contributed by atoms with E-state index >= 15 is 0 Å². The summed E-state index contributed by atoms with van der Waals surface area (Å²) in [4.78, 5) is 0. The predicted octanol–water partition coefficient (Wildman–Crippen LogP) is 4.09. The Labute approximate surface area is 106 Å². The Morgan fingerprint density at radius 2 is 1.94 bits per heavy atom. The number of nitrogens with one attached hydrogen (secondary N) is 1. The Morgan fingerprint density at radius 3 is 2.71 bits per heavy atom. The van der Waals surface area contributed by atoms with Crippen molar-refractivity contribution < 1.29 is 0 Å². The maximum absolute atomic E-state index is 5.87. The van der Waals surface area contributed by atoms with Crippen LogP contribution in [0.3, 0.4) is 0 Å². The van der Waals surface area contributed by atoms with Crippen LogP contribution in [-0.2, 0) is 0 Å². The van der Waals surface area contributed by atoms with Crippen molar-refractivity contribution in [2.24, 2.45) is 5.10 Å². The van der Waals surface area contributed by atoms with E-state index in [4.69, 9.17) is 11.6 Å². The average Bonchev–Trinajstić information content (AvgIpc) is 2.29. The van der Waals surface area contributed by atoms with Crippen LogP contribution in [0.2, 0.25) is 5.02 Å². The summed E-state index contributed by atoms with van der Waals surface area (Å²) in [6, 6.07) is 15.6. The monoisotopic (exact) mass is 244 g/mol. The molecule has 0 radical (unpaired) electrons. The van der Waals surface area contributed by atoms with Crippen LogP contribution in [0.4, 0.5) is 5.69 Å². The Morgan fingerprint density at radius 1 is 1.12 bits per heavy atom. The summed E-state index contributed by atoms with van der Waals surface area (Å²) in [7, 11) is 0. The highest BCUT2D eigenvalue weighted by atomic mass is 35.5. The molecule has 0 saturated carbocycles. The quantitative estimate of drug-likeness (QED) is 0.638. The summed E-state index contributed by atoms with van der Waals surface area (Å²) in [6.45, 7) is 2.06. The molecule has 2 rings (SSSR count). The fourth-order valence-electron chi connectivity index (χ4n) is 1.49. The lowest BCUT2D eigenvalue weighted by atomic mass is 10.2. The van der Waals surface area contributed by atoms with E-state index in [0.717, 1.165) is 11.3 Å². The van der Waals surface area contributed by atoms with Gasteiger partial charge in [-0.2, -0.15) is 5.10 Å². The van der Waals surface area contributed by atoms with Gasteiger partial charge >= 0.3 is 0 Å². The summed E-state index contributed by atoms with van der Waals surface area (Å²) in [5.74, 6) is 0. The summed E-state index contributed by atoms with van der Waals surface area (Å²) in [6.07, 6.45) is 1.79. The molecular formula is C14H13ClN2. The first kappa shape index (κ1) is 11.7. The van der Waals surface area contributed by atoms with Gasteiger partial charge in [-0.15, -0.1) is 0 Å². The molecule has 0 spiro atoms. The van der Waals surface area contributed by atoms with Crippen LogP contribution >= 0.6 is 11.6 Å². The molecule has 0 aromatic heterocycles. The molecule has 3 heteroatoms. The molecule has 86 valence electrons. The SMILES string of the molecule is Cc1cccc(C=NNc2cccc(Cl)c2)c1. The summed E-state index contributed by atoms with van der Waals surface area (Å²) in [5, 5.41) is 4.86. The van der Waals surface area contributed by atoms with Crippen molar-refractivity contribution in [3.05, 3.63) is 64.7 Å². The third-order valence-electron chi connectivity index (χ3n) is 2.27. The number of nitrogens with zero attached hydrogens (tertiary/aromatic N) is 1. The average molecular weight is 245 g/mol. The lowest BCUT2D eigenvalue weighted by Gasteiger charge is -2.00. The van der Waals surface area contributed by atoms with Gasteiger partial charge in [-0.25, -0.2) is 0 Å². The van der Waals surface area contributed by atoms with Gasteiger partial charge in [0.1, 0.15) is 0 Å². The highest BCUT2D eigenvalue weighted by Crippen LogP contribution is 2.14. The van der Waals surface area contributed by atoms with Gasteiger partial charge in [0.25, 0.3) is 0 Å². The van der Waals surface area contributed by atoms with Gasteiger partial charge in [0.15, 0.2) is 0 Å². The molecule has 0 atom stereocenters. The third-order valence-corrected chi connectivity index (χ3v) is 2.51. The third kappa shape index (κ3) is 3.61. The Bertz CT molecular complexity index is 535. The molecule has 0 unspecified atom stereocenters. The number of anilines is 1. The molecule has 2 nitrogen and oxygen atoms in total. The van der Waals surface area contributed by atoms with Crippen LogP contribution in [0.25, 0.3) is 0 Å². The Kier molecular flexibility index (Phi) is 3.78. The summed E-state index contributed by atoms with van der Waals surface area (Å²) in [5.41, 5.74) is 6.10. The molecule has 0 heterocycles. The summed E-state index contributed by atoms with van der Waals surface area (Å²) < 4.78 is 0. The van der Waals surface area contributed by atoms with Gasteiger partial charge in [-0.3, -0.25) is 5.43 Å². The van der Waals surface area contributed by atoms with E-state index in [2.05, 4.69) is 29.6 Å². The number of halogens is 1. The van der Waals surface area contributed by atoms with Crippen molar-refractivity contribution in [1.29, 1.82) is 0 Å². The minimum atomic E-state index is 0.695. The first-order valence-electron chi connectivity index (χ1n) is 5.35. The van der Waals surface area contributed by atoms with E-state index in [-0.39, 0.29) is 0 Å². The predicted molar refractivity (Wildman–Crippen MR) is 73.8 cm³/mol. The van der Waals surface area contributed by atoms with Crippen molar-refractivity contribution in [3.63, 3.8) is 0 Å². The second-order valence-electron chi connectivity index (χ2n) is 3.79. The molecule has 1 N–H and O–H groups in total. The van der Waals surface area contributed by atoms with Crippen LogP contribution in [0, 0.1) is 6.92 Å². The maximum Gasteiger partial charge on any atom is 0.0576 e. The molecule has 0 amide bonds. The first-order chi connectivity index (χ1) is 8.24. The van der Waals surface area contributed by atoms with Crippen molar-refractivity contribution >= 4 is 23.5 Å². The number of hydrazone groups is 1. The molecule has 2 aromatic rings. The second kappa shape index (κ2) is 5.51. The molecular weight excluding hydrogens is 232 g/mol. The van der Waals surface area contributed by atoms with Crippen molar-refractivity contribution in [3.8, 4) is 0 Å². The number of hydrogen-bond donors (Lipinski definition) is 1. The molecule has 0 aliphatic rings. The first-order valence-corrected chi connectivity index (χ1v) is 5.73. The van der Waals surface area contributed by atoms with Crippen LogP contribution in [-0.4, -0.2) is 6.21 Å². The molecule has 0 saturated heterocycles. The van der Waals surface area contributed by atoms with E-state index < -0.39 is 0 Å². The number of rotatable bonds is 3. The number of hydrogen-bond acceptors (Lipinski definition) is 2. The van der Waals surface area contributed by atoms with E-state index in [0.29, 0.717) is 5.02 Å². The summed E-state index contributed by atoms with van der Waals surface area (Å²) >= 11 is 5.87. The normalized spacial score (nSPS) is 10.7. The van der Waals surface area contributed by atoms with E-state index in [1.54, 1.807) is 6.21 Å². The number of benzene rings is 2. The molecule has 0 aliphatic carbocycles. The number of aryl methyl sites for hydroxylation is 1. The topological polar surface area (TPSA) is 24.4 Å². The van der Waals surface area contributed by atoms with Gasteiger partial charge in [0, 0.05) is 5.02 Å². The Balaban J connectivity index is 2.03. The minimum absolute atomic E-state index is 0.695. The molecule has 17 heavy (non-hydrogen) atoms. The minimum Gasteiger partial charge on any atom is -0.278 e. The van der Waals surface area contributed by atoms with E-state index in [1.807, 2.05) is 36.4 Å². The fraction of sp³-hybridized carbons (Fsp3) is 0.0714. The van der Waals surface area contributed by atoms with Crippen molar-refractivity contribution in [1.82, 2.24) is 0 Å². The van der Waals surface area contributed by atoms with E-state index in [1.165, 1.54) is 5.56 Å². The van der Waals surface area contributed by atoms with Gasteiger partial charge in [0.2, 0.25) is 0 Å². The molecule has 2 aromatic carbocycles. The lowest BCUT2D eigenvalue weighted by molar-refractivity contribution is 1.35. The van der Waals surface area contributed by atoms with Gasteiger partial charge in [-0.05, 0) is 30.7 Å². The zero-order valence-corrected chi connectivity index (χ0v) is 10.3. The maximum atomic E-state index is 5.87. The lowest BCUT2D eigenvalue weighted by Crippen LogP contribution is -1.90. The van der Waals surface area contributed by atoms with Crippen LogP contribution in [0.5, 0.6) is 0 Å². The largest absolute Gasteiger partial charge is 0.278 e. The van der Waals surface area contributed by atoms with Crippen molar-refractivity contribution in [2.75, 3.05) is 5.43 Å². The van der Waals surface area contributed by atoms with Gasteiger partial charge < -0.3 is 0 Å². The second-order valence-corrected chi connectivity index (χ2v) is 4.23. The molecule has 0 bridgehead atoms. The van der Waals surface area contributed by atoms with Crippen molar-refractivity contribution in [2.45, 2.75) is 6.92 Å². The standard InChI is InChI=1S/C14H13ClN2/c1-11-4-2-5-12(8-11)10-16-17-14-7-3-6-13(15)9-14/h2-10,17H,1H3. The molecule has 0 fully saturated rings. The smallest absolute Gasteiger partial charge is 0.0576 e.